The molecule has 0 spiro atoms. The minimum atomic E-state index is -0.571. The lowest BCUT2D eigenvalue weighted by atomic mass is 9.68. The average molecular weight is 314 g/mol. The molecule has 2 aliphatic carbocycles. The summed E-state index contributed by atoms with van der Waals surface area (Å²) in [6.45, 7) is 8.01. The number of hydrogen-bond donors (Lipinski definition) is 0. The highest BCUT2D eigenvalue weighted by molar-refractivity contribution is 6.57. The number of hydrogen-bond acceptors (Lipinski definition) is 4. The van der Waals surface area contributed by atoms with Gasteiger partial charge in [0.15, 0.2) is 0 Å². The molecule has 0 bridgehead atoms. The van der Waals surface area contributed by atoms with Crippen LogP contribution in [-0.4, -0.2) is 31.4 Å². The van der Waals surface area contributed by atoms with Crippen molar-refractivity contribution in [1.29, 1.82) is 0 Å². The van der Waals surface area contributed by atoms with Gasteiger partial charge in [-0.3, -0.25) is 0 Å². The van der Waals surface area contributed by atoms with Crippen molar-refractivity contribution in [3.63, 3.8) is 0 Å². The number of allylic oxidation sites excluding steroid dienone is 6. The Morgan fingerprint density at radius 2 is 1.91 bits per heavy atom. The molecule has 1 fully saturated rings. The summed E-state index contributed by atoms with van der Waals surface area (Å²) in [5.74, 6) is -0.139. The van der Waals surface area contributed by atoms with Gasteiger partial charge in [-0.2, -0.15) is 0 Å². The maximum absolute atomic E-state index is 12.3. The van der Waals surface area contributed by atoms with Crippen molar-refractivity contribution in [1.82, 2.24) is 0 Å². The van der Waals surface area contributed by atoms with Crippen LogP contribution in [0.2, 0.25) is 0 Å². The van der Waals surface area contributed by atoms with E-state index in [-0.39, 0.29) is 11.9 Å². The SMILES string of the molecule is COC(=O)C1=CC2CC=CC=C2C=C1B1OC(C)(C)C(C)(C)O1. The summed E-state index contributed by atoms with van der Waals surface area (Å²) in [7, 11) is 0.829. The molecule has 1 aliphatic heterocycles. The molecule has 4 nitrogen and oxygen atoms in total. The number of methoxy groups -OCH3 is 1. The van der Waals surface area contributed by atoms with Crippen molar-refractivity contribution >= 4 is 13.1 Å². The summed E-state index contributed by atoms with van der Waals surface area (Å²) in [4.78, 5) is 12.3. The van der Waals surface area contributed by atoms with Gasteiger partial charge in [0.2, 0.25) is 0 Å². The molecule has 0 saturated carbocycles. The molecule has 0 aromatic carbocycles. The normalized spacial score (nSPS) is 27.8. The number of carbonyl (C=O) groups excluding carboxylic acids is 1. The molecule has 0 N–H and O–H groups in total. The van der Waals surface area contributed by atoms with E-state index in [9.17, 15) is 4.79 Å². The molecule has 23 heavy (non-hydrogen) atoms. The van der Waals surface area contributed by atoms with Gasteiger partial charge in [-0.05, 0) is 45.2 Å². The van der Waals surface area contributed by atoms with Crippen LogP contribution in [0.4, 0.5) is 0 Å². The molecule has 122 valence electrons. The summed E-state index contributed by atoms with van der Waals surface area (Å²) in [5, 5.41) is 0. The van der Waals surface area contributed by atoms with Crippen LogP contribution in [-0.2, 0) is 18.8 Å². The largest absolute Gasteiger partial charge is 0.495 e. The van der Waals surface area contributed by atoms with Gasteiger partial charge in [-0.15, -0.1) is 0 Å². The Labute approximate surface area is 138 Å². The Hall–Kier alpha value is -1.59. The van der Waals surface area contributed by atoms with E-state index < -0.39 is 18.3 Å². The van der Waals surface area contributed by atoms with Crippen molar-refractivity contribution in [2.24, 2.45) is 5.92 Å². The maximum Gasteiger partial charge on any atom is 0.495 e. The average Bonchev–Trinajstić information content (AvgIpc) is 2.73. The van der Waals surface area contributed by atoms with Crippen LogP contribution in [0.3, 0.4) is 0 Å². The minimum absolute atomic E-state index is 0.209. The fraction of sp³-hybridized carbons (Fsp3) is 0.500. The third-order valence-electron chi connectivity index (χ3n) is 5.16. The predicted octanol–water partition coefficient (Wildman–Crippen LogP) is 3.16. The highest BCUT2D eigenvalue weighted by Crippen LogP contribution is 2.42. The summed E-state index contributed by atoms with van der Waals surface area (Å²) >= 11 is 0. The molecule has 0 aromatic rings. The van der Waals surface area contributed by atoms with E-state index in [0.717, 1.165) is 11.9 Å². The Kier molecular flexibility index (Phi) is 3.89. The van der Waals surface area contributed by atoms with Crippen LogP contribution in [0.1, 0.15) is 34.1 Å². The number of esters is 1. The topological polar surface area (TPSA) is 44.8 Å². The van der Waals surface area contributed by atoms with E-state index in [2.05, 4.69) is 12.2 Å². The van der Waals surface area contributed by atoms with Gasteiger partial charge < -0.3 is 14.0 Å². The van der Waals surface area contributed by atoms with Crippen LogP contribution in [0.5, 0.6) is 0 Å². The molecule has 1 unspecified atom stereocenters. The second-order valence-electron chi connectivity index (χ2n) is 7.20. The second-order valence-corrected chi connectivity index (χ2v) is 7.20. The van der Waals surface area contributed by atoms with Crippen LogP contribution in [0.15, 0.2) is 47.0 Å². The standard InChI is InChI=1S/C18H23BO4/c1-17(2)18(3,4)23-19(22-17)15-11-13-9-7-6-8-12(13)10-14(15)16(20)21-5/h6-7,9-12H,8H2,1-5H3. The minimum Gasteiger partial charge on any atom is -0.465 e. The van der Waals surface area contributed by atoms with Gasteiger partial charge in [-0.25, -0.2) is 4.79 Å². The second kappa shape index (κ2) is 5.50. The van der Waals surface area contributed by atoms with Crippen LogP contribution < -0.4 is 0 Å². The van der Waals surface area contributed by atoms with Crippen molar-refractivity contribution in [2.45, 2.75) is 45.3 Å². The lowest BCUT2D eigenvalue weighted by Gasteiger charge is -2.32. The van der Waals surface area contributed by atoms with Crippen molar-refractivity contribution in [3.05, 3.63) is 47.0 Å². The summed E-state index contributed by atoms with van der Waals surface area (Å²) in [5.41, 5.74) is 1.57. The Balaban J connectivity index is 2.00. The smallest absolute Gasteiger partial charge is 0.465 e. The monoisotopic (exact) mass is 314 g/mol. The third-order valence-corrected chi connectivity index (χ3v) is 5.16. The Morgan fingerprint density at radius 1 is 1.26 bits per heavy atom. The van der Waals surface area contributed by atoms with Crippen molar-refractivity contribution < 1.29 is 18.8 Å². The summed E-state index contributed by atoms with van der Waals surface area (Å²) in [6.07, 6.45) is 11.1. The fourth-order valence-electron chi connectivity index (χ4n) is 3.00. The fourth-order valence-corrected chi connectivity index (χ4v) is 3.00. The molecule has 5 heteroatoms. The Morgan fingerprint density at radius 3 is 2.52 bits per heavy atom. The molecular formula is C18H23BO4. The van der Waals surface area contributed by atoms with E-state index in [1.54, 1.807) is 0 Å². The first-order valence-corrected chi connectivity index (χ1v) is 7.99. The summed E-state index contributed by atoms with van der Waals surface area (Å²) < 4.78 is 17.2. The first-order valence-electron chi connectivity index (χ1n) is 7.99. The first-order chi connectivity index (χ1) is 10.7. The van der Waals surface area contributed by atoms with E-state index >= 15 is 0 Å². The molecule has 1 atom stereocenters. The maximum atomic E-state index is 12.3. The lowest BCUT2D eigenvalue weighted by molar-refractivity contribution is -0.135. The Bertz CT molecular complexity index is 636. The predicted molar refractivity (Wildman–Crippen MR) is 89.6 cm³/mol. The zero-order chi connectivity index (χ0) is 16.8. The van der Waals surface area contributed by atoms with Gasteiger partial charge in [0, 0.05) is 5.92 Å². The lowest BCUT2D eigenvalue weighted by Crippen LogP contribution is -2.41. The molecular weight excluding hydrogens is 291 g/mol. The first kappa shape index (κ1) is 16.3. The van der Waals surface area contributed by atoms with Gasteiger partial charge in [0.05, 0.1) is 23.9 Å². The number of ether oxygens (including phenoxy) is 1. The molecule has 1 heterocycles. The van der Waals surface area contributed by atoms with E-state index in [1.165, 1.54) is 12.7 Å². The van der Waals surface area contributed by atoms with E-state index in [1.807, 2.05) is 45.9 Å². The summed E-state index contributed by atoms with van der Waals surface area (Å²) in [6, 6.07) is 0. The van der Waals surface area contributed by atoms with Crippen LogP contribution in [0, 0.1) is 5.92 Å². The van der Waals surface area contributed by atoms with Crippen molar-refractivity contribution in [2.75, 3.05) is 7.11 Å². The number of carbonyl (C=O) groups is 1. The van der Waals surface area contributed by atoms with Gasteiger partial charge >= 0.3 is 13.1 Å². The third kappa shape index (κ3) is 2.72. The van der Waals surface area contributed by atoms with Gasteiger partial charge in [0.25, 0.3) is 0 Å². The van der Waals surface area contributed by atoms with E-state index in [4.69, 9.17) is 14.0 Å². The van der Waals surface area contributed by atoms with E-state index in [0.29, 0.717) is 5.57 Å². The quantitative estimate of drug-likeness (QED) is 0.580. The molecule has 1 saturated heterocycles. The number of rotatable bonds is 2. The number of fused-ring (bicyclic) bond motifs is 1. The molecule has 0 radical (unpaired) electrons. The van der Waals surface area contributed by atoms with Gasteiger partial charge in [-0.1, -0.05) is 30.4 Å². The molecule has 0 aromatic heterocycles. The van der Waals surface area contributed by atoms with Crippen LogP contribution >= 0.6 is 0 Å². The molecule has 3 aliphatic rings. The zero-order valence-electron chi connectivity index (χ0n) is 14.4. The molecule has 3 rings (SSSR count). The van der Waals surface area contributed by atoms with Crippen molar-refractivity contribution in [3.8, 4) is 0 Å². The van der Waals surface area contributed by atoms with Gasteiger partial charge in [0.1, 0.15) is 0 Å². The highest BCUT2D eigenvalue weighted by atomic mass is 16.7. The van der Waals surface area contributed by atoms with Crippen LogP contribution in [0.25, 0.3) is 0 Å². The molecule has 0 amide bonds. The zero-order valence-corrected chi connectivity index (χ0v) is 14.4. The highest BCUT2D eigenvalue weighted by Gasteiger charge is 2.53.